The fraction of sp³-hybridized carbons (Fsp3) is 0.636. The van der Waals surface area contributed by atoms with Crippen LogP contribution in [-0.2, 0) is 0 Å². The number of aliphatic hydroxyl groups excluding tert-OH is 1. The van der Waals surface area contributed by atoms with Gasteiger partial charge in [0, 0.05) is 0 Å². The monoisotopic (exact) mass is 198 g/mol. The lowest BCUT2D eigenvalue weighted by molar-refractivity contribution is 0.146. The van der Waals surface area contributed by atoms with Gasteiger partial charge in [-0.15, -0.1) is 0 Å². The number of rotatable bonds is 4. The average Bonchev–Trinajstić information content (AvgIpc) is 2.51. The van der Waals surface area contributed by atoms with Crippen LogP contribution in [0.25, 0.3) is 0 Å². The van der Waals surface area contributed by atoms with E-state index in [1.807, 2.05) is 0 Å². The molecule has 74 valence electrons. The van der Waals surface area contributed by atoms with Gasteiger partial charge >= 0.3 is 0 Å². The van der Waals surface area contributed by atoms with Crippen molar-refractivity contribution in [3.05, 3.63) is 21.9 Å². The predicted molar refractivity (Wildman–Crippen MR) is 58.1 cm³/mol. The number of thiophene rings is 1. The first kappa shape index (κ1) is 10.7. The molecular formula is C11H18OS. The summed E-state index contributed by atoms with van der Waals surface area (Å²) in [4.78, 5) is 0. The highest BCUT2D eigenvalue weighted by Gasteiger charge is 2.13. The Labute approximate surface area is 84.4 Å². The van der Waals surface area contributed by atoms with Gasteiger partial charge < -0.3 is 5.11 Å². The Morgan fingerprint density at radius 3 is 2.62 bits per heavy atom. The molecule has 0 amide bonds. The van der Waals surface area contributed by atoms with Crippen LogP contribution in [-0.4, -0.2) is 5.11 Å². The minimum absolute atomic E-state index is 0.263. The van der Waals surface area contributed by atoms with Crippen molar-refractivity contribution in [1.29, 1.82) is 0 Å². The average molecular weight is 198 g/mol. The Bertz CT molecular complexity index is 254. The molecule has 0 aliphatic carbocycles. The van der Waals surface area contributed by atoms with E-state index in [9.17, 15) is 5.11 Å². The molecule has 0 aliphatic rings. The van der Waals surface area contributed by atoms with Crippen LogP contribution in [0.4, 0.5) is 0 Å². The number of hydrogen-bond donors (Lipinski definition) is 1. The lowest BCUT2D eigenvalue weighted by Crippen LogP contribution is -2.03. The molecule has 0 saturated carbocycles. The van der Waals surface area contributed by atoms with Gasteiger partial charge in [-0.3, -0.25) is 0 Å². The van der Waals surface area contributed by atoms with Gasteiger partial charge in [-0.25, -0.2) is 0 Å². The smallest absolute Gasteiger partial charge is 0.0803 e. The summed E-state index contributed by atoms with van der Waals surface area (Å²) in [7, 11) is 0. The molecule has 1 N–H and O–H groups in total. The highest BCUT2D eigenvalue weighted by atomic mass is 32.1. The number of aryl methyl sites for hydroxylation is 1. The first-order chi connectivity index (χ1) is 6.15. The SMILES string of the molecule is CCC(C)CC(O)c1cscc1C. The molecule has 0 radical (unpaired) electrons. The van der Waals surface area contributed by atoms with Crippen molar-refractivity contribution in [2.24, 2.45) is 5.92 Å². The van der Waals surface area contributed by atoms with E-state index in [1.165, 1.54) is 5.56 Å². The van der Waals surface area contributed by atoms with E-state index < -0.39 is 0 Å². The Balaban J connectivity index is 2.58. The van der Waals surface area contributed by atoms with Gasteiger partial charge in [0.1, 0.15) is 0 Å². The van der Waals surface area contributed by atoms with Gasteiger partial charge in [-0.2, -0.15) is 11.3 Å². The van der Waals surface area contributed by atoms with E-state index in [4.69, 9.17) is 0 Å². The molecule has 1 nitrogen and oxygen atoms in total. The van der Waals surface area contributed by atoms with Crippen LogP contribution in [0.3, 0.4) is 0 Å². The molecule has 0 bridgehead atoms. The van der Waals surface area contributed by atoms with Gasteiger partial charge in [-0.1, -0.05) is 20.3 Å². The first-order valence-corrected chi connectivity index (χ1v) is 5.80. The third-order valence-electron chi connectivity index (χ3n) is 2.58. The predicted octanol–water partition coefficient (Wildman–Crippen LogP) is 3.53. The topological polar surface area (TPSA) is 20.2 Å². The van der Waals surface area contributed by atoms with Crippen LogP contribution in [0, 0.1) is 12.8 Å². The van der Waals surface area contributed by atoms with Gasteiger partial charge in [0.05, 0.1) is 6.10 Å². The van der Waals surface area contributed by atoms with Crippen LogP contribution in [0.5, 0.6) is 0 Å². The summed E-state index contributed by atoms with van der Waals surface area (Å²) < 4.78 is 0. The van der Waals surface area contributed by atoms with Crippen molar-refractivity contribution in [1.82, 2.24) is 0 Å². The summed E-state index contributed by atoms with van der Waals surface area (Å²) in [5, 5.41) is 14.0. The lowest BCUT2D eigenvalue weighted by atomic mass is 9.96. The van der Waals surface area contributed by atoms with E-state index in [2.05, 4.69) is 31.5 Å². The van der Waals surface area contributed by atoms with Gasteiger partial charge in [0.25, 0.3) is 0 Å². The molecule has 2 heteroatoms. The Hall–Kier alpha value is -0.340. The van der Waals surface area contributed by atoms with Gasteiger partial charge in [0.15, 0.2) is 0 Å². The van der Waals surface area contributed by atoms with Crippen molar-refractivity contribution in [3.8, 4) is 0 Å². The zero-order valence-electron chi connectivity index (χ0n) is 8.58. The molecule has 1 aromatic rings. The van der Waals surface area contributed by atoms with Crippen LogP contribution >= 0.6 is 11.3 Å². The maximum Gasteiger partial charge on any atom is 0.0803 e. The molecule has 0 spiro atoms. The molecule has 0 aromatic carbocycles. The van der Waals surface area contributed by atoms with Crippen molar-refractivity contribution in [2.45, 2.75) is 39.7 Å². The zero-order valence-corrected chi connectivity index (χ0v) is 9.40. The first-order valence-electron chi connectivity index (χ1n) is 4.85. The van der Waals surface area contributed by atoms with Crippen molar-refractivity contribution >= 4 is 11.3 Å². The van der Waals surface area contributed by atoms with Crippen molar-refractivity contribution in [2.75, 3.05) is 0 Å². The minimum atomic E-state index is -0.263. The van der Waals surface area contributed by atoms with Crippen LogP contribution in [0.2, 0.25) is 0 Å². The fourth-order valence-corrected chi connectivity index (χ4v) is 2.28. The van der Waals surface area contributed by atoms with E-state index in [0.717, 1.165) is 18.4 Å². The molecule has 1 aromatic heterocycles. The maximum absolute atomic E-state index is 9.90. The van der Waals surface area contributed by atoms with Gasteiger partial charge in [0.2, 0.25) is 0 Å². The zero-order chi connectivity index (χ0) is 9.84. The summed E-state index contributed by atoms with van der Waals surface area (Å²) in [5.74, 6) is 0.606. The Morgan fingerprint density at radius 2 is 2.15 bits per heavy atom. The normalized spacial score (nSPS) is 15.7. The maximum atomic E-state index is 9.90. The second-order valence-corrected chi connectivity index (χ2v) is 4.52. The Morgan fingerprint density at radius 1 is 1.46 bits per heavy atom. The third kappa shape index (κ3) is 2.82. The summed E-state index contributed by atoms with van der Waals surface area (Å²) in [6.07, 6.45) is 1.76. The number of hydrogen-bond acceptors (Lipinski definition) is 2. The van der Waals surface area contributed by atoms with Crippen LogP contribution in [0.1, 0.15) is 43.9 Å². The Kier molecular flexibility index (Phi) is 3.94. The molecule has 0 aliphatic heterocycles. The molecular weight excluding hydrogens is 180 g/mol. The molecule has 1 heterocycles. The largest absolute Gasteiger partial charge is 0.388 e. The standard InChI is InChI=1S/C11H18OS/c1-4-8(2)5-11(12)10-7-13-6-9(10)3/h6-8,11-12H,4-5H2,1-3H3. The van der Waals surface area contributed by atoms with E-state index in [0.29, 0.717) is 5.92 Å². The highest BCUT2D eigenvalue weighted by molar-refractivity contribution is 7.08. The molecule has 13 heavy (non-hydrogen) atoms. The minimum Gasteiger partial charge on any atom is -0.388 e. The summed E-state index contributed by atoms with van der Waals surface area (Å²) in [6, 6.07) is 0. The second-order valence-electron chi connectivity index (χ2n) is 3.78. The molecule has 1 rings (SSSR count). The van der Waals surface area contributed by atoms with Gasteiger partial charge in [-0.05, 0) is 41.1 Å². The van der Waals surface area contributed by atoms with E-state index in [-0.39, 0.29) is 6.10 Å². The summed E-state index contributed by atoms with van der Waals surface area (Å²) >= 11 is 1.67. The van der Waals surface area contributed by atoms with Crippen LogP contribution < -0.4 is 0 Å². The number of aliphatic hydroxyl groups is 1. The van der Waals surface area contributed by atoms with E-state index in [1.54, 1.807) is 11.3 Å². The molecule has 0 fully saturated rings. The summed E-state index contributed by atoms with van der Waals surface area (Å²) in [5.41, 5.74) is 2.34. The lowest BCUT2D eigenvalue weighted by Gasteiger charge is -2.14. The molecule has 0 saturated heterocycles. The van der Waals surface area contributed by atoms with Crippen molar-refractivity contribution in [3.63, 3.8) is 0 Å². The van der Waals surface area contributed by atoms with Crippen molar-refractivity contribution < 1.29 is 5.11 Å². The second kappa shape index (κ2) is 4.77. The molecule has 2 unspecified atom stereocenters. The quantitative estimate of drug-likeness (QED) is 0.784. The van der Waals surface area contributed by atoms with E-state index >= 15 is 0 Å². The molecule has 2 atom stereocenters. The fourth-order valence-electron chi connectivity index (χ4n) is 1.39. The summed E-state index contributed by atoms with van der Waals surface area (Å²) in [6.45, 7) is 6.41. The highest BCUT2D eigenvalue weighted by Crippen LogP contribution is 2.27. The van der Waals surface area contributed by atoms with Crippen LogP contribution in [0.15, 0.2) is 10.8 Å². The third-order valence-corrected chi connectivity index (χ3v) is 3.46.